The van der Waals surface area contributed by atoms with E-state index in [2.05, 4.69) is 10.4 Å². The van der Waals surface area contributed by atoms with Gasteiger partial charge in [0, 0.05) is 19.0 Å². The van der Waals surface area contributed by atoms with Gasteiger partial charge in [-0.1, -0.05) is 19.3 Å². The van der Waals surface area contributed by atoms with Crippen LogP contribution in [0.15, 0.2) is 6.20 Å². The van der Waals surface area contributed by atoms with Crippen LogP contribution in [-0.2, 0) is 11.3 Å². The highest BCUT2D eigenvalue weighted by Gasteiger charge is 2.48. The molecule has 5 aliphatic carbocycles. The molecule has 7 nitrogen and oxygen atoms in total. The van der Waals surface area contributed by atoms with Gasteiger partial charge < -0.3 is 15.2 Å². The lowest BCUT2D eigenvalue weighted by molar-refractivity contribution is -0.137. The van der Waals surface area contributed by atoms with Gasteiger partial charge in [-0.3, -0.25) is 9.59 Å². The predicted octanol–water partition coefficient (Wildman–Crippen LogP) is 4.26. The molecule has 5 fully saturated rings. The standard InChI is InChI=1S/C25H37N3O4/c29-22(30)7-4-8-28-25(32-15-16-5-2-1-3-6-16)21(14-26-28)24(31)27-23-19-10-17-9-18(12-19)13-20(23)11-17/h14,16-20,23H,1-13,15H2,(H,27,31)(H,29,30). The molecule has 6 rings (SSSR count). The van der Waals surface area contributed by atoms with Gasteiger partial charge in [-0.2, -0.15) is 5.10 Å². The molecule has 0 radical (unpaired) electrons. The molecule has 0 unspecified atom stereocenters. The van der Waals surface area contributed by atoms with Crippen LogP contribution in [0.25, 0.3) is 0 Å². The van der Waals surface area contributed by atoms with Crippen LogP contribution in [0, 0.1) is 29.6 Å². The summed E-state index contributed by atoms with van der Waals surface area (Å²) in [5.74, 6) is 3.12. The molecule has 0 aliphatic heterocycles. The number of aryl methyl sites for hydroxylation is 1. The number of hydrogen-bond acceptors (Lipinski definition) is 4. The van der Waals surface area contributed by atoms with Crippen LogP contribution in [0.4, 0.5) is 0 Å². The number of carboxylic acids is 1. The largest absolute Gasteiger partial charge is 0.481 e. The summed E-state index contributed by atoms with van der Waals surface area (Å²) in [6, 6.07) is 0.275. The van der Waals surface area contributed by atoms with Gasteiger partial charge in [0.1, 0.15) is 5.56 Å². The average Bonchev–Trinajstić information content (AvgIpc) is 3.17. The van der Waals surface area contributed by atoms with Crippen molar-refractivity contribution in [1.82, 2.24) is 15.1 Å². The van der Waals surface area contributed by atoms with Crippen LogP contribution in [0.3, 0.4) is 0 Å². The van der Waals surface area contributed by atoms with Crippen molar-refractivity contribution in [2.75, 3.05) is 6.61 Å². The van der Waals surface area contributed by atoms with Crippen LogP contribution in [0.2, 0.25) is 0 Å². The molecule has 0 spiro atoms. The topological polar surface area (TPSA) is 93.5 Å². The summed E-state index contributed by atoms with van der Waals surface area (Å²) in [5, 5.41) is 16.8. The Kier molecular flexibility index (Phi) is 6.42. The molecule has 1 amide bonds. The van der Waals surface area contributed by atoms with Gasteiger partial charge >= 0.3 is 5.97 Å². The molecule has 7 heteroatoms. The highest BCUT2D eigenvalue weighted by molar-refractivity contribution is 5.96. The molecule has 1 heterocycles. The van der Waals surface area contributed by atoms with E-state index < -0.39 is 5.97 Å². The van der Waals surface area contributed by atoms with E-state index in [4.69, 9.17) is 9.84 Å². The molecule has 0 aromatic carbocycles. The zero-order chi connectivity index (χ0) is 22.1. The number of carbonyl (C=O) groups is 2. The Hall–Kier alpha value is -2.05. The minimum Gasteiger partial charge on any atom is -0.481 e. The molecule has 0 atom stereocenters. The highest BCUT2D eigenvalue weighted by atomic mass is 16.5. The molecule has 1 aromatic rings. The molecule has 1 aromatic heterocycles. The first-order valence-electron chi connectivity index (χ1n) is 12.8. The molecule has 176 valence electrons. The average molecular weight is 444 g/mol. The minimum absolute atomic E-state index is 0.0781. The zero-order valence-corrected chi connectivity index (χ0v) is 19.0. The first-order chi connectivity index (χ1) is 15.6. The Balaban J connectivity index is 1.28. The van der Waals surface area contributed by atoms with E-state index in [1.54, 1.807) is 10.9 Å². The van der Waals surface area contributed by atoms with E-state index in [1.165, 1.54) is 64.2 Å². The van der Waals surface area contributed by atoms with Gasteiger partial charge in [0.15, 0.2) is 0 Å². The lowest BCUT2D eigenvalue weighted by Gasteiger charge is -2.54. The fourth-order valence-electron chi connectivity index (χ4n) is 7.16. The number of aliphatic carboxylic acids is 1. The second-order valence-corrected chi connectivity index (χ2v) is 10.8. The van der Waals surface area contributed by atoms with E-state index in [9.17, 15) is 9.59 Å². The van der Waals surface area contributed by atoms with Crippen molar-refractivity contribution in [1.29, 1.82) is 0 Å². The van der Waals surface area contributed by atoms with E-state index >= 15 is 0 Å². The number of hydrogen-bond donors (Lipinski definition) is 2. The molecular weight excluding hydrogens is 406 g/mol. The first-order valence-corrected chi connectivity index (χ1v) is 12.8. The van der Waals surface area contributed by atoms with E-state index in [-0.39, 0.29) is 18.4 Å². The Labute approximate surface area is 190 Å². The lowest BCUT2D eigenvalue weighted by atomic mass is 9.54. The summed E-state index contributed by atoms with van der Waals surface area (Å²) in [6.07, 6.45) is 14.7. The van der Waals surface area contributed by atoms with E-state index in [1.807, 2.05) is 0 Å². The smallest absolute Gasteiger partial charge is 0.303 e. The number of rotatable bonds is 9. The monoisotopic (exact) mass is 443 g/mol. The normalized spacial score (nSPS) is 31.6. The van der Waals surface area contributed by atoms with Crippen LogP contribution >= 0.6 is 0 Å². The van der Waals surface area contributed by atoms with Gasteiger partial charge in [0.25, 0.3) is 5.91 Å². The summed E-state index contributed by atoms with van der Waals surface area (Å²) < 4.78 is 7.92. The molecule has 5 saturated carbocycles. The van der Waals surface area contributed by atoms with Crippen molar-refractivity contribution in [3.05, 3.63) is 11.8 Å². The van der Waals surface area contributed by atoms with Gasteiger partial charge in [-0.05, 0) is 81.0 Å². The first kappa shape index (κ1) is 21.8. The summed E-state index contributed by atoms with van der Waals surface area (Å²) in [6.45, 7) is 1.04. The number of nitrogens with one attached hydrogen (secondary N) is 1. The molecular formula is C25H37N3O4. The lowest BCUT2D eigenvalue weighted by Crippen LogP contribution is -2.55. The van der Waals surface area contributed by atoms with Gasteiger partial charge in [-0.15, -0.1) is 0 Å². The summed E-state index contributed by atoms with van der Waals surface area (Å²) in [5.41, 5.74) is 0.505. The summed E-state index contributed by atoms with van der Waals surface area (Å²) >= 11 is 0. The fraction of sp³-hybridized carbons (Fsp3) is 0.800. The van der Waals surface area contributed by atoms with Crippen LogP contribution in [-0.4, -0.2) is 39.4 Å². The van der Waals surface area contributed by atoms with Crippen molar-refractivity contribution in [2.24, 2.45) is 29.6 Å². The van der Waals surface area contributed by atoms with E-state index in [0.29, 0.717) is 48.8 Å². The zero-order valence-electron chi connectivity index (χ0n) is 19.0. The van der Waals surface area contributed by atoms with E-state index in [0.717, 1.165) is 11.8 Å². The summed E-state index contributed by atoms with van der Waals surface area (Å²) in [4.78, 5) is 24.3. The minimum atomic E-state index is -0.818. The number of aromatic nitrogens is 2. The number of nitrogens with zero attached hydrogens (tertiary/aromatic N) is 2. The molecule has 32 heavy (non-hydrogen) atoms. The van der Waals surface area contributed by atoms with Crippen molar-refractivity contribution >= 4 is 11.9 Å². The van der Waals surface area contributed by atoms with Crippen molar-refractivity contribution in [3.63, 3.8) is 0 Å². The number of ether oxygens (including phenoxy) is 1. The van der Waals surface area contributed by atoms with Crippen molar-refractivity contribution in [2.45, 2.75) is 89.6 Å². The van der Waals surface area contributed by atoms with Gasteiger partial charge in [0.2, 0.25) is 5.88 Å². The quantitative estimate of drug-likeness (QED) is 0.595. The van der Waals surface area contributed by atoms with Crippen molar-refractivity contribution < 1.29 is 19.4 Å². The second kappa shape index (κ2) is 9.44. The van der Waals surface area contributed by atoms with Crippen LogP contribution < -0.4 is 10.1 Å². The van der Waals surface area contributed by atoms with Crippen molar-refractivity contribution in [3.8, 4) is 5.88 Å². The fourth-order valence-corrected chi connectivity index (χ4v) is 7.16. The van der Waals surface area contributed by atoms with Gasteiger partial charge in [-0.25, -0.2) is 4.68 Å². The maximum absolute atomic E-state index is 13.4. The Morgan fingerprint density at radius 1 is 1.06 bits per heavy atom. The molecule has 5 aliphatic rings. The third-order valence-electron chi connectivity index (χ3n) is 8.50. The predicted molar refractivity (Wildman–Crippen MR) is 119 cm³/mol. The Bertz CT molecular complexity index is 801. The molecule has 2 N–H and O–H groups in total. The maximum Gasteiger partial charge on any atom is 0.303 e. The third-order valence-corrected chi connectivity index (χ3v) is 8.50. The third kappa shape index (κ3) is 4.67. The van der Waals surface area contributed by atoms with Gasteiger partial charge in [0.05, 0.1) is 12.8 Å². The Morgan fingerprint density at radius 2 is 1.75 bits per heavy atom. The number of carboxylic acid groups (broad SMARTS) is 1. The summed E-state index contributed by atoms with van der Waals surface area (Å²) in [7, 11) is 0. The number of amides is 1. The number of carbonyl (C=O) groups excluding carboxylic acids is 1. The van der Waals surface area contributed by atoms with Crippen LogP contribution in [0.5, 0.6) is 5.88 Å². The Morgan fingerprint density at radius 3 is 2.41 bits per heavy atom. The second-order valence-electron chi connectivity index (χ2n) is 10.8. The maximum atomic E-state index is 13.4. The molecule has 4 bridgehead atoms. The SMILES string of the molecule is O=C(O)CCCn1ncc(C(=O)NC2C3CC4CC(C3)CC2C4)c1OCC1CCCCC1. The van der Waals surface area contributed by atoms with Crippen LogP contribution in [0.1, 0.15) is 87.4 Å². The molecule has 0 saturated heterocycles. The highest BCUT2D eigenvalue weighted by Crippen LogP contribution is 2.53.